The van der Waals surface area contributed by atoms with E-state index in [-0.39, 0.29) is 35.5 Å². The molecule has 2 aliphatic carbocycles. The van der Waals surface area contributed by atoms with Crippen LogP contribution in [0.3, 0.4) is 0 Å². The van der Waals surface area contributed by atoms with Gasteiger partial charge in [-0.05, 0) is 54.4 Å². The molecule has 1 aromatic carbocycles. The predicted octanol–water partition coefficient (Wildman–Crippen LogP) is 2.81. The lowest BCUT2D eigenvalue weighted by atomic mass is 9.85. The normalized spacial score (nSPS) is 24.9. The fourth-order valence-corrected chi connectivity index (χ4v) is 5.31. The number of carbonyl (C=O) groups excluding carboxylic acids is 5. The summed E-state index contributed by atoms with van der Waals surface area (Å²) in [4.78, 5) is 64.6. The molecule has 4 rings (SSSR count). The van der Waals surface area contributed by atoms with Crippen LogP contribution < -0.4 is 5.32 Å². The first kappa shape index (κ1) is 25.6. The average Bonchev–Trinajstić information content (AvgIpc) is 3.51. The van der Waals surface area contributed by atoms with Crippen molar-refractivity contribution in [3.05, 3.63) is 42.0 Å². The molecule has 0 unspecified atom stereocenters. The van der Waals surface area contributed by atoms with Crippen LogP contribution in [0.1, 0.15) is 44.5 Å². The van der Waals surface area contributed by atoms with Gasteiger partial charge in [-0.3, -0.25) is 19.3 Å². The van der Waals surface area contributed by atoms with Crippen molar-refractivity contribution in [2.45, 2.75) is 40.2 Å². The summed E-state index contributed by atoms with van der Waals surface area (Å²) in [5.41, 5.74) is 0.769. The van der Waals surface area contributed by atoms with Crippen molar-refractivity contribution in [3.8, 4) is 0 Å². The van der Waals surface area contributed by atoms with Gasteiger partial charge in [-0.2, -0.15) is 0 Å². The number of hydrogen-bond donors (Lipinski definition) is 1. The Morgan fingerprint density at radius 1 is 0.944 bits per heavy atom. The summed E-state index contributed by atoms with van der Waals surface area (Å²) >= 11 is 0. The minimum absolute atomic E-state index is 0.0412. The highest BCUT2D eigenvalue weighted by atomic mass is 16.5. The minimum Gasteiger partial charge on any atom is -0.462 e. The summed E-state index contributed by atoms with van der Waals surface area (Å²) in [5, 5.41) is 2.60. The number of imide groups is 1. The highest BCUT2D eigenvalue weighted by molar-refractivity contribution is 6.09. The van der Waals surface area contributed by atoms with E-state index in [1.54, 1.807) is 26.0 Å². The number of ether oxygens (including phenoxy) is 2. The van der Waals surface area contributed by atoms with Gasteiger partial charge in [-0.1, -0.05) is 39.8 Å². The van der Waals surface area contributed by atoms with Gasteiger partial charge in [0.15, 0.2) is 6.61 Å². The lowest BCUT2D eigenvalue weighted by molar-refractivity contribution is -0.162. The standard InChI is InChI=1S/C27H32N2O7/c1-14(2)12-35-26(33)16-7-9-19(10-8-16)28-20(30)13-36-27(34)23(15(3)4)29-24(31)21-17-5-6-18(11-17)22(21)25(29)32/h5-10,14-15,17-18,21-23H,11-13H2,1-4H3,(H,28,30)/t17-,18-,21-,22+,23-/m0/s1. The third kappa shape index (κ3) is 4.92. The Hall–Kier alpha value is -3.49. The van der Waals surface area contributed by atoms with Gasteiger partial charge in [0.2, 0.25) is 11.8 Å². The lowest BCUT2D eigenvalue weighted by Crippen LogP contribution is -2.50. The zero-order chi connectivity index (χ0) is 26.1. The van der Waals surface area contributed by atoms with Crippen LogP contribution in [0, 0.1) is 35.5 Å². The summed E-state index contributed by atoms with van der Waals surface area (Å²) in [5.74, 6) is -3.36. The van der Waals surface area contributed by atoms with Crippen molar-refractivity contribution in [2.24, 2.45) is 35.5 Å². The van der Waals surface area contributed by atoms with Crippen molar-refractivity contribution in [2.75, 3.05) is 18.5 Å². The summed E-state index contributed by atoms with van der Waals surface area (Å²) in [6.07, 6.45) is 4.79. The molecular formula is C27H32N2O7. The molecule has 9 heteroatoms. The summed E-state index contributed by atoms with van der Waals surface area (Å²) < 4.78 is 10.4. The quantitative estimate of drug-likeness (QED) is 0.317. The number of fused-ring (bicyclic) bond motifs is 5. The number of esters is 2. The van der Waals surface area contributed by atoms with Gasteiger partial charge >= 0.3 is 11.9 Å². The molecule has 0 spiro atoms. The lowest BCUT2D eigenvalue weighted by Gasteiger charge is -2.28. The van der Waals surface area contributed by atoms with Crippen LogP contribution in [0.4, 0.5) is 5.69 Å². The molecule has 0 aromatic heterocycles. The number of benzene rings is 1. The molecular weight excluding hydrogens is 464 g/mol. The molecule has 9 nitrogen and oxygen atoms in total. The number of likely N-dealkylation sites (tertiary alicyclic amines) is 1. The molecule has 3 amide bonds. The molecule has 1 N–H and O–H groups in total. The van der Waals surface area contributed by atoms with Crippen LogP contribution in [0.15, 0.2) is 36.4 Å². The second kappa shape index (κ2) is 10.2. The number of allylic oxidation sites excluding steroid dienone is 2. The van der Waals surface area contributed by atoms with Crippen molar-refractivity contribution >= 4 is 35.3 Å². The number of nitrogens with one attached hydrogen (secondary N) is 1. The SMILES string of the molecule is CC(C)COC(=O)c1ccc(NC(=O)COC(=O)[C@H](C(C)C)N2C(=O)[C@@H]3[C@H](C2=O)[C@H]2C=C[C@H]3C2)cc1. The predicted molar refractivity (Wildman–Crippen MR) is 129 cm³/mol. The molecule has 2 fully saturated rings. The first-order chi connectivity index (χ1) is 17.1. The van der Waals surface area contributed by atoms with Crippen LogP contribution in [0.2, 0.25) is 0 Å². The van der Waals surface area contributed by atoms with Crippen LogP contribution in [-0.4, -0.2) is 53.8 Å². The topological polar surface area (TPSA) is 119 Å². The Balaban J connectivity index is 1.32. The van der Waals surface area contributed by atoms with Crippen molar-refractivity contribution in [1.29, 1.82) is 0 Å². The zero-order valence-corrected chi connectivity index (χ0v) is 20.9. The van der Waals surface area contributed by atoms with Crippen molar-refractivity contribution < 1.29 is 33.4 Å². The van der Waals surface area contributed by atoms with E-state index in [1.165, 1.54) is 12.1 Å². The van der Waals surface area contributed by atoms with Crippen LogP contribution in [0.25, 0.3) is 0 Å². The monoisotopic (exact) mass is 496 g/mol. The number of rotatable bonds is 9. The maximum absolute atomic E-state index is 13.1. The Morgan fingerprint density at radius 2 is 1.53 bits per heavy atom. The summed E-state index contributed by atoms with van der Waals surface area (Å²) in [6, 6.07) is 5.07. The Bertz CT molecular complexity index is 1060. The number of nitrogens with zero attached hydrogens (tertiary/aromatic N) is 1. The van der Waals surface area contributed by atoms with E-state index in [0.717, 1.165) is 11.3 Å². The molecule has 5 atom stereocenters. The van der Waals surface area contributed by atoms with Crippen molar-refractivity contribution in [1.82, 2.24) is 4.90 Å². The van der Waals surface area contributed by atoms with Gasteiger partial charge in [0.1, 0.15) is 6.04 Å². The molecule has 1 saturated carbocycles. The molecule has 0 radical (unpaired) electrons. The molecule has 2 bridgehead atoms. The number of hydrogen-bond acceptors (Lipinski definition) is 7. The fourth-order valence-electron chi connectivity index (χ4n) is 5.31. The van der Waals surface area contributed by atoms with Gasteiger partial charge in [-0.25, -0.2) is 9.59 Å². The smallest absolute Gasteiger partial charge is 0.338 e. The van der Waals surface area contributed by atoms with Crippen LogP contribution in [-0.2, 0) is 28.7 Å². The van der Waals surface area contributed by atoms with E-state index >= 15 is 0 Å². The second-order valence-corrected chi connectivity index (χ2v) is 10.5. The Morgan fingerprint density at radius 3 is 2.06 bits per heavy atom. The fraction of sp³-hybridized carbons (Fsp3) is 0.519. The third-order valence-corrected chi connectivity index (χ3v) is 6.95. The van der Waals surface area contributed by atoms with E-state index < -0.39 is 42.3 Å². The summed E-state index contributed by atoms with van der Waals surface area (Å²) in [7, 11) is 0. The van der Waals surface area contributed by atoms with E-state index in [9.17, 15) is 24.0 Å². The minimum atomic E-state index is -1.08. The van der Waals surface area contributed by atoms with E-state index in [2.05, 4.69) is 5.32 Å². The first-order valence-electron chi connectivity index (χ1n) is 12.4. The molecule has 1 aliphatic heterocycles. The van der Waals surface area contributed by atoms with Gasteiger partial charge in [-0.15, -0.1) is 0 Å². The largest absolute Gasteiger partial charge is 0.462 e. The average molecular weight is 497 g/mol. The third-order valence-electron chi connectivity index (χ3n) is 6.95. The van der Waals surface area contributed by atoms with Gasteiger partial charge in [0.25, 0.3) is 5.91 Å². The molecule has 1 heterocycles. The van der Waals surface area contributed by atoms with Crippen LogP contribution >= 0.6 is 0 Å². The van der Waals surface area contributed by atoms with Crippen molar-refractivity contribution in [3.63, 3.8) is 0 Å². The van der Waals surface area contributed by atoms with Gasteiger partial charge < -0.3 is 14.8 Å². The Labute approximate surface area is 210 Å². The van der Waals surface area contributed by atoms with Gasteiger partial charge in [0.05, 0.1) is 24.0 Å². The maximum Gasteiger partial charge on any atom is 0.338 e. The molecule has 1 aromatic rings. The Kier molecular flexibility index (Phi) is 7.28. The second-order valence-electron chi connectivity index (χ2n) is 10.5. The summed E-state index contributed by atoms with van der Waals surface area (Å²) in [6.45, 7) is 7.09. The zero-order valence-electron chi connectivity index (χ0n) is 20.9. The maximum atomic E-state index is 13.1. The number of carbonyl (C=O) groups is 5. The molecule has 36 heavy (non-hydrogen) atoms. The van der Waals surface area contributed by atoms with E-state index in [0.29, 0.717) is 17.9 Å². The highest BCUT2D eigenvalue weighted by Crippen LogP contribution is 2.53. The van der Waals surface area contributed by atoms with Crippen LogP contribution in [0.5, 0.6) is 0 Å². The molecule has 3 aliphatic rings. The highest BCUT2D eigenvalue weighted by Gasteiger charge is 2.61. The van der Waals surface area contributed by atoms with Gasteiger partial charge in [0, 0.05) is 5.69 Å². The molecule has 192 valence electrons. The number of amides is 3. The number of anilines is 1. The first-order valence-corrected chi connectivity index (χ1v) is 12.4. The van der Waals surface area contributed by atoms with E-state index in [4.69, 9.17) is 9.47 Å². The molecule has 1 saturated heterocycles. The van der Waals surface area contributed by atoms with E-state index in [1.807, 2.05) is 26.0 Å².